The summed E-state index contributed by atoms with van der Waals surface area (Å²) < 4.78 is 5.92. The SMILES string of the molecule is CC[C@@H](Sc1ccc(Cl)cc1)C(=O)Nc1cc(Cl)ccc1Oc1ccccc1. The van der Waals surface area contributed by atoms with Crippen LogP contribution in [0, 0.1) is 0 Å². The van der Waals surface area contributed by atoms with Crippen LogP contribution in [0.5, 0.6) is 11.5 Å². The minimum Gasteiger partial charge on any atom is -0.455 e. The Bertz CT molecular complexity index is 933. The third-order valence-electron chi connectivity index (χ3n) is 3.93. The van der Waals surface area contributed by atoms with Gasteiger partial charge in [0.05, 0.1) is 10.9 Å². The van der Waals surface area contributed by atoms with E-state index in [1.54, 1.807) is 18.2 Å². The number of para-hydroxylation sites is 1. The minimum atomic E-state index is -0.260. The third kappa shape index (κ3) is 5.68. The Balaban J connectivity index is 1.76. The van der Waals surface area contributed by atoms with E-state index in [1.807, 2.05) is 61.5 Å². The number of halogens is 2. The Morgan fingerprint density at radius 2 is 1.68 bits per heavy atom. The highest BCUT2D eigenvalue weighted by Crippen LogP contribution is 2.33. The summed E-state index contributed by atoms with van der Waals surface area (Å²) in [5, 5.41) is 3.89. The lowest BCUT2D eigenvalue weighted by molar-refractivity contribution is -0.115. The largest absolute Gasteiger partial charge is 0.455 e. The number of carbonyl (C=O) groups excluding carboxylic acids is 1. The Morgan fingerprint density at radius 1 is 1.00 bits per heavy atom. The summed E-state index contributed by atoms with van der Waals surface area (Å²) in [6, 6.07) is 22.0. The molecule has 0 bridgehead atoms. The van der Waals surface area contributed by atoms with E-state index in [0.717, 1.165) is 4.90 Å². The molecule has 0 heterocycles. The van der Waals surface area contributed by atoms with E-state index in [1.165, 1.54) is 11.8 Å². The molecule has 0 aliphatic carbocycles. The van der Waals surface area contributed by atoms with Crippen LogP contribution < -0.4 is 10.1 Å². The van der Waals surface area contributed by atoms with Crippen molar-refractivity contribution in [2.75, 3.05) is 5.32 Å². The standard InChI is InChI=1S/C22H19Cl2NO2S/c1-2-21(28-18-11-8-15(23)9-12-18)22(26)25-19-14-16(24)10-13-20(19)27-17-6-4-3-5-7-17/h3-14,21H,2H2,1H3,(H,25,26)/t21-/m1/s1. The predicted octanol–water partition coefficient (Wildman–Crippen LogP) is 7.30. The van der Waals surface area contributed by atoms with Gasteiger partial charge in [-0.2, -0.15) is 0 Å². The zero-order chi connectivity index (χ0) is 19.9. The molecule has 3 aromatic carbocycles. The van der Waals surface area contributed by atoms with Gasteiger partial charge in [-0.05, 0) is 61.0 Å². The number of hydrogen-bond acceptors (Lipinski definition) is 3. The molecule has 144 valence electrons. The number of hydrogen-bond donors (Lipinski definition) is 1. The highest BCUT2D eigenvalue weighted by molar-refractivity contribution is 8.00. The van der Waals surface area contributed by atoms with Crippen LogP contribution in [0.1, 0.15) is 13.3 Å². The fourth-order valence-electron chi connectivity index (χ4n) is 2.52. The molecule has 0 aliphatic heterocycles. The second-order valence-electron chi connectivity index (χ2n) is 6.01. The van der Waals surface area contributed by atoms with Gasteiger partial charge in [0.1, 0.15) is 5.75 Å². The number of ether oxygens (including phenoxy) is 1. The number of anilines is 1. The van der Waals surface area contributed by atoms with Gasteiger partial charge in [0.15, 0.2) is 5.75 Å². The normalized spacial score (nSPS) is 11.7. The highest BCUT2D eigenvalue weighted by atomic mass is 35.5. The van der Waals surface area contributed by atoms with Gasteiger partial charge >= 0.3 is 0 Å². The number of carbonyl (C=O) groups is 1. The fourth-order valence-corrected chi connectivity index (χ4v) is 3.77. The molecule has 1 atom stereocenters. The average molecular weight is 432 g/mol. The lowest BCUT2D eigenvalue weighted by atomic mass is 10.2. The lowest BCUT2D eigenvalue weighted by Gasteiger charge is -2.17. The summed E-state index contributed by atoms with van der Waals surface area (Å²) >= 11 is 13.6. The summed E-state index contributed by atoms with van der Waals surface area (Å²) in [7, 11) is 0. The molecule has 0 radical (unpaired) electrons. The monoisotopic (exact) mass is 431 g/mol. The first-order valence-electron chi connectivity index (χ1n) is 8.80. The molecule has 0 unspecified atom stereocenters. The van der Waals surface area contributed by atoms with E-state index >= 15 is 0 Å². The van der Waals surface area contributed by atoms with Gasteiger partial charge in [-0.1, -0.05) is 48.3 Å². The van der Waals surface area contributed by atoms with Crippen molar-refractivity contribution in [2.45, 2.75) is 23.5 Å². The van der Waals surface area contributed by atoms with Gasteiger partial charge in [0, 0.05) is 14.9 Å². The Kier molecular flexibility index (Phi) is 7.26. The van der Waals surface area contributed by atoms with Gasteiger partial charge in [-0.25, -0.2) is 0 Å². The number of benzene rings is 3. The smallest absolute Gasteiger partial charge is 0.237 e. The topological polar surface area (TPSA) is 38.3 Å². The molecule has 3 nitrogen and oxygen atoms in total. The first-order valence-corrected chi connectivity index (χ1v) is 10.4. The summed E-state index contributed by atoms with van der Waals surface area (Å²) in [6.07, 6.45) is 0.675. The van der Waals surface area contributed by atoms with E-state index in [2.05, 4.69) is 5.32 Å². The molecule has 3 aromatic rings. The van der Waals surface area contributed by atoms with E-state index < -0.39 is 0 Å². The fraction of sp³-hybridized carbons (Fsp3) is 0.136. The Hall–Kier alpha value is -2.14. The predicted molar refractivity (Wildman–Crippen MR) is 118 cm³/mol. The van der Waals surface area contributed by atoms with Crippen molar-refractivity contribution in [1.29, 1.82) is 0 Å². The van der Waals surface area contributed by atoms with Crippen LogP contribution in [-0.2, 0) is 4.79 Å². The van der Waals surface area contributed by atoms with E-state index in [9.17, 15) is 4.79 Å². The molecule has 0 saturated heterocycles. The summed E-state index contributed by atoms with van der Waals surface area (Å²) in [4.78, 5) is 13.9. The average Bonchev–Trinajstić information content (AvgIpc) is 2.70. The first kappa shape index (κ1) is 20.6. The Labute approximate surface area is 179 Å². The molecule has 1 N–H and O–H groups in total. The van der Waals surface area contributed by atoms with Crippen molar-refractivity contribution in [2.24, 2.45) is 0 Å². The van der Waals surface area contributed by atoms with E-state index in [4.69, 9.17) is 27.9 Å². The van der Waals surface area contributed by atoms with Crippen LogP contribution in [0.4, 0.5) is 5.69 Å². The van der Waals surface area contributed by atoms with Crippen molar-refractivity contribution in [3.05, 3.63) is 82.8 Å². The zero-order valence-corrected chi connectivity index (χ0v) is 17.5. The maximum absolute atomic E-state index is 12.9. The molecule has 28 heavy (non-hydrogen) atoms. The second kappa shape index (κ2) is 9.87. The molecule has 0 aromatic heterocycles. The zero-order valence-electron chi connectivity index (χ0n) is 15.2. The van der Waals surface area contributed by atoms with Crippen LogP contribution in [0.3, 0.4) is 0 Å². The molecule has 0 fully saturated rings. The van der Waals surface area contributed by atoms with E-state index in [-0.39, 0.29) is 11.2 Å². The Morgan fingerprint density at radius 3 is 2.36 bits per heavy atom. The molecule has 1 amide bonds. The van der Waals surface area contributed by atoms with Crippen molar-refractivity contribution < 1.29 is 9.53 Å². The molecule has 0 spiro atoms. The maximum atomic E-state index is 12.9. The van der Waals surface area contributed by atoms with Gasteiger partial charge < -0.3 is 10.1 Å². The number of nitrogens with one attached hydrogen (secondary N) is 1. The van der Waals surface area contributed by atoms with Crippen LogP contribution in [0.15, 0.2) is 77.7 Å². The van der Waals surface area contributed by atoms with Crippen LogP contribution in [0.2, 0.25) is 10.0 Å². The third-order valence-corrected chi connectivity index (χ3v) is 5.79. The van der Waals surface area contributed by atoms with Gasteiger partial charge in [0.25, 0.3) is 0 Å². The van der Waals surface area contributed by atoms with E-state index in [0.29, 0.717) is 33.7 Å². The molecular formula is C22H19Cl2NO2S. The summed E-state index contributed by atoms with van der Waals surface area (Å²) in [6.45, 7) is 1.98. The quantitative estimate of drug-likeness (QED) is 0.398. The van der Waals surface area contributed by atoms with Crippen molar-refractivity contribution >= 4 is 46.6 Å². The van der Waals surface area contributed by atoms with Crippen LogP contribution in [0.25, 0.3) is 0 Å². The number of rotatable bonds is 7. The minimum absolute atomic E-state index is 0.109. The van der Waals surface area contributed by atoms with Gasteiger partial charge in [0.2, 0.25) is 5.91 Å². The lowest BCUT2D eigenvalue weighted by Crippen LogP contribution is -2.24. The number of amides is 1. The molecule has 6 heteroatoms. The van der Waals surface area contributed by atoms with Crippen molar-refractivity contribution in [1.82, 2.24) is 0 Å². The van der Waals surface area contributed by atoms with Crippen LogP contribution in [-0.4, -0.2) is 11.2 Å². The first-order chi connectivity index (χ1) is 13.5. The maximum Gasteiger partial charge on any atom is 0.237 e. The summed E-state index contributed by atoms with van der Waals surface area (Å²) in [5.41, 5.74) is 0.538. The van der Waals surface area contributed by atoms with Crippen LogP contribution >= 0.6 is 35.0 Å². The molecule has 3 rings (SSSR count). The second-order valence-corrected chi connectivity index (χ2v) is 8.16. The number of thioether (sulfide) groups is 1. The van der Waals surface area contributed by atoms with Crippen molar-refractivity contribution in [3.63, 3.8) is 0 Å². The molecular weight excluding hydrogens is 413 g/mol. The molecule has 0 saturated carbocycles. The van der Waals surface area contributed by atoms with Gasteiger partial charge in [-0.3, -0.25) is 4.79 Å². The summed E-state index contributed by atoms with van der Waals surface area (Å²) in [5.74, 6) is 1.11. The van der Waals surface area contributed by atoms with Gasteiger partial charge in [-0.15, -0.1) is 11.8 Å². The molecule has 0 aliphatic rings. The van der Waals surface area contributed by atoms with Crippen molar-refractivity contribution in [3.8, 4) is 11.5 Å². The highest BCUT2D eigenvalue weighted by Gasteiger charge is 2.20.